The first-order valence-electron chi connectivity index (χ1n) is 6.34. The molecule has 0 spiro atoms. The Hall–Kier alpha value is -0.610. The normalized spacial score (nSPS) is 35.4. The van der Waals surface area contributed by atoms with Crippen LogP contribution in [0.25, 0.3) is 0 Å². The molecular formula is C12H22N2O2. The third-order valence-corrected chi connectivity index (χ3v) is 3.74. The van der Waals surface area contributed by atoms with E-state index in [2.05, 4.69) is 6.92 Å². The smallest absolute Gasteiger partial charge is 0.251 e. The summed E-state index contributed by atoms with van der Waals surface area (Å²) < 4.78 is 5.46. The lowest BCUT2D eigenvalue weighted by Gasteiger charge is -2.39. The van der Waals surface area contributed by atoms with Crippen LogP contribution in [0.5, 0.6) is 0 Å². The van der Waals surface area contributed by atoms with E-state index in [4.69, 9.17) is 10.5 Å². The number of carbonyl (C=O) groups excluding carboxylic acids is 1. The fourth-order valence-electron chi connectivity index (χ4n) is 2.72. The van der Waals surface area contributed by atoms with Gasteiger partial charge in [-0.3, -0.25) is 4.79 Å². The summed E-state index contributed by atoms with van der Waals surface area (Å²) in [5.41, 5.74) is 5.76. The van der Waals surface area contributed by atoms with Gasteiger partial charge in [0.15, 0.2) is 0 Å². The van der Waals surface area contributed by atoms with Crippen molar-refractivity contribution in [2.75, 3.05) is 19.7 Å². The summed E-state index contributed by atoms with van der Waals surface area (Å²) in [5, 5.41) is 0. The number of carbonyl (C=O) groups is 1. The number of hydrogen-bond acceptors (Lipinski definition) is 3. The molecule has 2 N–H and O–H groups in total. The molecule has 1 amide bonds. The Kier molecular flexibility index (Phi) is 3.82. The van der Waals surface area contributed by atoms with Gasteiger partial charge in [-0.15, -0.1) is 0 Å². The molecule has 16 heavy (non-hydrogen) atoms. The van der Waals surface area contributed by atoms with E-state index < -0.39 is 0 Å². The SMILES string of the molecule is CC1CCN(C(=O)C2CCCO2)C(CN)C1. The van der Waals surface area contributed by atoms with Crippen LogP contribution in [0.2, 0.25) is 0 Å². The summed E-state index contributed by atoms with van der Waals surface area (Å²) >= 11 is 0. The molecule has 3 unspecified atom stereocenters. The minimum atomic E-state index is -0.192. The summed E-state index contributed by atoms with van der Waals surface area (Å²) in [7, 11) is 0. The molecule has 4 nitrogen and oxygen atoms in total. The van der Waals surface area contributed by atoms with E-state index in [0.29, 0.717) is 12.5 Å². The summed E-state index contributed by atoms with van der Waals surface area (Å²) in [6.45, 7) is 4.38. The number of amides is 1. The zero-order valence-electron chi connectivity index (χ0n) is 10.0. The van der Waals surface area contributed by atoms with Crippen molar-refractivity contribution in [1.82, 2.24) is 4.90 Å². The molecule has 2 fully saturated rings. The van der Waals surface area contributed by atoms with E-state index in [1.54, 1.807) is 0 Å². The fraction of sp³-hybridized carbons (Fsp3) is 0.917. The minimum absolute atomic E-state index is 0.167. The number of hydrogen-bond donors (Lipinski definition) is 1. The Morgan fingerprint density at radius 1 is 1.50 bits per heavy atom. The second-order valence-electron chi connectivity index (χ2n) is 5.05. The van der Waals surface area contributed by atoms with Gasteiger partial charge in [0.1, 0.15) is 6.10 Å². The zero-order chi connectivity index (χ0) is 11.5. The molecule has 2 aliphatic heterocycles. The van der Waals surface area contributed by atoms with Gasteiger partial charge >= 0.3 is 0 Å². The molecule has 2 saturated heterocycles. The third-order valence-electron chi connectivity index (χ3n) is 3.74. The molecule has 3 atom stereocenters. The summed E-state index contributed by atoms with van der Waals surface area (Å²) in [5.74, 6) is 0.849. The predicted octanol–water partition coefficient (Wildman–Crippen LogP) is 0.751. The highest BCUT2D eigenvalue weighted by Crippen LogP contribution is 2.24. The van der Waals surface area contributed by atoms with Gasteiger partial charge < -0.3 is 15.4 Å². The lowest BCUT2D eigenvalue weighted by Crippen LogP contribution is -2.52. The quantitative estimate of drug-likeness (QED) is 0.756. The van der Waals surface area contributed by atoms with Gasteiger partial charge in [0, 0.05) is 25.7 Å². The second kappa shape index (κ2) is 5.15. The monoisotopic (exact) mass is 226 g/mol. The van der Waals surface area contributed by atoms with Crippen molar-refractivity contribution < 1.29 is 9.53 Å². The van der Waals surface area contributed by atoms with Crippen LogP contribution in [0, 0.1) is 5.92 Å². The number of ether oxygens (including phenoxy) is 1. The highest BCUT2D eigenvalue weighted by atomic mass is 16.5. The Morgan fingerprint density at radius 2 is 2.31 bits per heavy atom. The standard InChI is InChI=1S/C12H22N2O2/c1-9-4-5-14(10(7-9)8-13)12(15)11-3-2-6-16-11/h9-11H,2-8,13H2,1H3. The molecule has 0 aromatic carbocycles. The van der Waals surface area contributed by atoms with Crippen LogP contribution >= 0.6 is 0 Å². The lowest BCUT2D eigenvalue weighted by atomic mass is 9.92. The Bertz CT molecular complexity index is 251. The highest BCUT2D eigenvalue weighted by Gasteiger charge is 2.34. The fourth-order valence-corrected chi connectivity index (χ4v) is 2.72. The van der Waals surface area contributed by atoms with Crippen molar-refractivity contribution in [2.45, 2.75) is 44.8 Å². The van der Waals surface area contributed by atoms with Gasteiger partial charge in [-0.2, -0.15) is 0 Å². The average Bonchev–Trinajstić information content (AvgIpc) is 2.81. The number of nitrogens with zero attached hydrogens (tertiary/aromatic N) is 1. The van der Waals surface area contributed by atoms with Crippen molar-refractivity contribution >= 4 is 5.91 Å². The van der Waals surface area contributed by atoms with Gasteiger partial charge in [0.25, 0.3) is 5.91 Å². The molecule has 0 bridgehead atoms. The van der Waals surface area contributed by atoms with Gasteiger partial charge in [-0.05, 0) is 31.6 Å². The van der Waals surface area contributed by atoms with Gasteiger partial charge in [0.2, 0.25) is 0 Å². The van der Waals surface area contributed by atoms with E-state index >= 15 is 0 Å². The molecule has 0 aromatic heterocycles. The molecular weight excluding hydrogens is 204 g/mol. The topological polar surface area (TPSA) is 55.6 Å². The Balaban J connectivity index is 1.98. The first-order valence-corrected chi connectivity index (χ1v) is 6.34. The van der Waals surface area contributed by atoms with E-state index in [1.807, 2.05) is 4.90 Å². The molecule has 2 heterocycles. The largest absolute Gasteiger partial charge is 0.368 e. The molecule has 0 saturated carbocycles. The van der Waals surface area contributed by atoms with E-state index in [-0.39, 0.29) is 18.1 Å². The van der Waals surface area contributed by atoms with Crippen LogP contribution in [-0.4, -0.2) is 42.6 Å². The van der Waals surface area contributed by atoms with Crippen molar-refractivity contribution in [3.05, 3.63) is 0 Å². The minimum Gasteiger partial charge on any atom is -0.368 e. The van der Waals surface area contributed by atoms with Gasteiger partial charge in [-0.1, -0.05) is 6.92 Å². The number of nitrogens with two attached hydrogens (primary N) is 1. The lowest BCUT2D eigenvalue weighted by molar-refractivity contribution is -0.145. The predicted molar refractivity (Wildman–Crippen MR) is 61.9 cm³/mol. The van der Waals surface area contributed by atoms with E-state index in [0.717, 1.165) is 38.8 Å². The van der Waals surface area contributed by atoms with E-state index in [9.17, 15) is 4.79 Å². The van der Waals surface area contributed by atoms with Gasteiger partial charge in [-0.25, -0.2) is 0 Å². The molecule has 2 aliphatic rings. The molecule has 2 rings (SSSR count). The summed E-state index contributed by atoms with van der Waals surface area (Å²) in [4.78, 5) is 14.2. The molecule has 0 aromatic rings. The third kappa shape index (κ3) is 2.38. The molecule has 0 radical (unpaired) electrons. The summed E-state index contributed by atoms with van der Waals surface area (Å²) in [6.07, 6.45) is 3.82. The van der Waals surface area contributed by atoms with Crippen molar-refractivity contribution in [2.24, 2.45) is 11.7 Å². The molecule has 0 aliphatic carbocycles. The van der Waals surface area contributed by atoms with Crippen molar-refractivity contribution in [3.8, 4) is 0 Å². The Labute approximate surface area is 97.1 Å². The Morgan fingerprint density at radius 3 is 2.94 bits per heavy atom. The van der Waals surface area contributed by atoms with Crippen LogP contribution in [0.4, 0.5) is 0 Å². The van der Waals surface area contributed by atoms with Crippen LogP contribution in [0.1, 0.15) is 32.6 Å². The van der Waals surface area contributed by atoms with Crippen LogP contribution < -0.4 is 5.73 Å². The average molecular weight is 226 g/mol. The maximum absolute atomic E-state index is 12.2. The molecule has 4 heteroatoms. The van der Waals surface area contributed by atoms with Crippen LogP contribution in [-0.2, 0) is 9.53 Å². The number of rotatable bonds is 2. The van der Waals surface area contributed by atoms with Crippen LogP contribution in [0.15, 0.2) is 0 Å². The maximum Gasteiger partial charge on any atom is 0.251 e. The first-order chi connectivity index (χ1) is 7.72. The van der Waals surface area contributed by atoms with Crippen LogP contribution in [0.3, 0.4) is 0 Å². The molecule has 92 valence electrons. The summed E-state index contributed by atoms with van der Waals surface area (Å²) in [6, 6.07) is 0.223. The number of likely N-dealkylation sites (tertiary alicyclic amines) is 1. The van der Waals surface area contributed by atoms with Crippen molar-refractivity contribution in [1.29, 1.82) is 0 Å². The number of piperidine rings is 1. The first kappa shape index (κ1) is 11.9. The zero-order valence-corrected chi connectivity index (χ0v) is 10.0. The van der Waals surface area contributed by atoms with Gasteiger partial charge in [0.05, 0.1) is 0 Å². The highest BCUT2D eigenvalue weighted by molar-refractivity contribution is 5.81. The maximum atomic E-state index is 12.2. The second-order valence-corrected chi connectivity index (χ2v) is 5.05. The van der Waals surface area contributed by atoms with Crippen molar-refractivity contribution in [3.63, 3.8) is 0 Å². The van der Waals surface area contributed by atoms with E-state index in [1.165, 1.54) is 0 Å².